The van der Waals surface area contributed by atoms with E-state index in [1.807, 2.05) is 53.4 Å². The summed E-state index contributed by atoms with van der Waals surface area (Å²) in [6, 6.07) is 19.9. The van der Waals surface area contributed by atoms with Gasteiger partial charge in [0.1, 0.15) is 0 Å². The summed E-state index contributed by atoms with van der Waals surface area (Å²) < 4.78 is 0. The summed E-state index contributed by atoms with van der Waals surface area (Å²) in [5.74, 6) is 0.690. The van der Waals surface area contributed by atoms with Crippen LogP contribution in [-0.2, 0) is 9.59 Å². The predicted octanol–water partition coefficient (Wildman–Crippen LogP) is 3.17. The molecule has 2 aromatic heterocycles. The van der Waals surface area contributed by atoms with E-state index < -0.39 is 0 Å². The second-order valence-corrected chi connectivity index (χ2v) is 11.5. The molecule has 11 heteroatoms. The maximum absolute atomic E-state index is 13.2. The number of nitrogens with zero attached hydrogens (tertiary/aromatic N) is 6. The third-order valence-corrected chi connectivity index (χ3v) is 8.71. The van der Waals surface area contributed by atoms with Crippen molar-refractivity contribution in [1.29, 1.82) is 0 Å². The second kappa shape index (κ2) is 12.4. The van der Waals surface area contributed by atoms with Crippen molar-refractivity contribution >= 4 is 28.9 Å². The third kappa shape index (κ3) is 5.97. The lowest BCUT2D eigenvalue weighted by molar-refractivity contribution is -0.132. The van der Waals surface area contributed by atoms with Gasteiger partial charge in [-0.3, -0.25) is 19.5 Å². The van der Waals surface area contributed by atoms with Crippen molar-refractivity contribution in [1.82, 2.24) is 30.2 Å². The van der Waals surface area contributed by atoms with Crippen LogP contribution in [0.15, 0.2) is 85.5 Å². The number of amides is 2. The van der Waals surface area contributed by atoms with Crippen LogP contribution in [0, 0.1) is 5.92 Å². The van der Waals surface area contributed by atoms with Crippen molar-refractivity contribution in [2.45, 2.75) is 12.5 Å². The zero-order valence-corrected chi connectivity index (χ0v) is 24.4. The lowest BCUT2D eigenvalue weighted by Gasteiger charge is -2.36. The molecule has 2 atom stereocenters. The Balaban J connectivity index is 0.884. The standard InChI is InChI=1S/C33H35N9O2/c43-30(42-18-16-41(17-19-42)27-5-2-24(3-6-27)32-35-11-1-12-36-32)22-40-15-10-25(21-40)33(44)37-26-4-7-29-28(20-26)31(39-38-29)23-8-13-34-14-9-23/h1-9,11-14,20,25,31,38-39H,10,15-19,21-22H2,(H,37,44)/t25-,31?/m1/s1. The van der Waals surface area contributed by atoms with Crippen LogP contribution in [0.4, 0.5) is 17.1 Å². The molecule has 224 valence electrons. The van der Waals surface area contributed by atoms with Crippen LogP contribution in [-0.4, -0.2) is 82.4 Å². The largest absolute Gasteiger partial charge is 0.368 e. The summed E-state index contributed by atoms with van der Waals surface area (Å²) in [5.41, 5.74) is 12.6. The highest BCUT2D eigenvalue weighted by Gasteiger charge is 2.32. The molecule has 11 nitrogen and oxygen atoms in total. The Morgan fingerprint density at radius 2 is 1.66 bits per heavy atom. The van der Waals surface area contributed by atoms with Crippen LogP contribution in [0.5, 0.6) is 0 Å². The number of aromatic nitrogens is 3. The summed E-state index contributed by atoms with van der Waals surface area (Å²) in [7, 11) is 0. The van der Waals surface area contributed by atoms with Crippen molar-refractivity contribution in [2.24, 2.45) is 5.92 Å². The minimum Gasteiger partial charge on any atom is -0.368 e. The van der Waals surface area contributed by atoms with Crippen LogP contribution in [0.25, 0.3) is 11.4 Å². The smallest absolute Gasteiger partial charge is 0.236 e. The highest BCUT2D eigenvalue weighted by Crippen LogP contribution is 2.35. The number of piperazine rings is 1. The summed E-state index contributed by atoms with van der Waals surface area (Å²) in [6.07, 6.45) is 7.78. The Labute approximate surface area is 256 Å². The molecular formula is C33H35N9O2. The molecule has 4 aromatic rings. The molecule has 2 fully saturated rings. The first-order chi connectivity index (χ1) is 21.6. The van der Waals surface area contributed by atoms with Crippen LogP contribution < -0.4 is 21.1 Å². The zero-order valence-electron chi connectivity index (χ0n) is 24.4. The highest BCUT2D eigenvalue weighted by atomic mass is 16.2. The van der Waals surface area contributed by atoms with Crippen molar-refractivity contribution in [3.05, 3.63) is 96.6 Å². The highest BCUT2D eigenvalue weighted by molar-refractivity contribution is 5.93. The van der Waals surface area contributed by atoms with Gasteiger partial charge in [-0.15, -0.1) is 0 Å². The topological polar surface area (TPSA) is 119 Å². The fourth-order valence-corrected chi connectivity index (χ4v) is 6.25. The number of hydrogen-bond acceptors (Lipinski definition) is 9. The van der Waals surface area contributed by atoms with E-state index in [2.05, 4.69) is 53.1 Å². The van der Waals surface area contributed by atoms with Gasteiger partial charge in [0.05, 0.1) is 24.2 Å². The monoisotopic (exact) mass is 589 g/mol. The summed E-state index contributed by atoms with van der Waals surface area (Å²) in [6.45, 7) is 4.61. The molecule has 3 aliphatic heterocycles. The molecular weight excluding hydrogens is 554 g/mol. The van der Waals surface area contributed by atoms with E-state index in [-0.39, 0.29) is 23.8 Å². The van der Waals surface area contributed by atoms with Gasteiger partial charge in [0.2, 0.25) is 11.8 Å². The van der Waals surface area contributed by atoms with Crippen molar-refractivity contribution < 1.29 is 9.59 Å². The second-order valence-electron chi connectivity index (χ2n) is 11.5. The Hall–Kier alpha value is -4.87. The fraction of sp³-hybridized carbons (Fsp3) is 0.303. The van der Waals surface area contributed by atoms with E-state index in [0.29, 0.717) is 32.0 Å². The number of carbonyl (C=O) groups is 2. The van der Waals surface area contributed by atoms with E-state index in [0.717, 1.165) is 59.8 Å². The Bertz CT molecular complexity index is 1610. The Morgan fingerprint density at radius 3 is 2.43 bits per heavy atom. The number of carbonyl (C=O) groups excluding carboxylic acids is 2. The van der Waals surface area contributed by atoms with Crippen LogP contribution in [0.1, 0.15) is 23.6 Å². The number of anilines is 3. The van der Waals surface area contributed by atoms with Gasteiger partial charge in [0.15, 0.2) is 5.82 Å². The number of hydrogen-bond donors (Lipinski definition) is 3. The summed E-state index contributed by atoms with van der Waals surface area (Å²) >= 11 is 0. The molecule has 3 N–H and O–H groups in total. The maximum Gasteiger partial charge on any atom is 0.236 e. The van der Waals surface area contributed by atoms with Crippen molar-refractivity contribution in [2.75, 3.05) is 61.5 Å². The number of fused-ring (bicyclic) bond motifs is 1. The van der Waals surface area contributed by atoms with Crippen molar-refractivity contribution in [3.63, 3.8) is 0 Å². The predicted molar refractivity (Wildman–Crippen MR) is 169 cm³/mol. The quantitative estimate of drug-likeness (QED) is 0.299. The minimum absolute atomic E-state index is 0.00210. The Kier molecular flexibility index (Phi) is 7.87. The maximum atomic E-state index is 13.2. The molecule has 0 aliphatic carbocycles. The van der Waals surface area contributed by atoms with Gasteiger partial charge in [-0.1, -0.05) is 0 Å². The van der Waals surface area contributed by atoms with Crippen molar-refractivity contribution in [3.8, 4) is 11.4 Å². The van der Waals surface area contributed by atoms with Gasteiger partial charge in [-0.2, -0.15) is 0 Å². The van der Waals surface area contributed by atoms with Gasteiger partial charge in [0, 0.05) is 80.0 Å². The lowest BCUT2D eigenvalue weighted by Crippen LogP contribution is -2.51. The molecule has 5 heterocycles. The van der Waals surface area contributed by atoms with Gasteiger partial charge >= 0.3 is 0 Å². The number of rotatable bonds is 7. The minimum atomic E-state index is -0.149. The van der Waals surface area contributed by atoms with E-state index >= 15 is 0 Å². The molecule has 0 spiro atoms. The first-order valence-electron chi connectivity index (χ1n) is 15.1. The molecule has 0 saturated carbocycles. The van der Waals surface area contributed by atoms with Crippen LogP contribution >= 0.6 is 0 Å². The van der Waals surface area contributed by atoms with E-state index in [9.17, 15) is 9.59 Å². The van der Waals surface area contributed by atoms with E-state index in [4.69, 9.17) is 0 Å². The molecule has 2 aromatic carbocycles. The van der Waals surface area contributed by atoms with Gasteiger partial charge in [-0.25, -0.2) is 15.4 Å². The van der Waals surface area contributed by atoms with Crippen LogP contribution in [0.2, 0.25) is 0 Å². The van der Waals surface area contributed by atoms with E-state index in [1.54, 1.807) is 24.8 Å². The average molecular weight is 590 g/mol. The molecule has 0 radical (unpaired) electrons. The fourth-order valence-electron chi connectivity index (χ4n) is 6.25. The van der Waals surface area contributed by atoms with Gasteiger partial charge in [-0.05, 0) is 79.2 Å². The van der Waals surface area contributed by atoms with E-state index in [1.165, 1.54) is 0 Å². The molecule has 0 bridgehead atoms. The number of benzene rings is 2. The van der Waals surface area contributed by atoms with Crippen LogP contribution in [0.3, 0.4) is 0 Å². The summed E-state index contributed by atoms with van der Waals surface area (Å²) in [4.78, 5) is 45.5. The molecule has 2 amide bonds. The van der Waals surface area contributed by atoms with Gasteiger partial charge < -0.3 is 20.5 Å². The Morgan fingerprint density at radius 1 is 0.886 bits per heavy atom. The number of hydrazine groups is 1. The molecule has 44 heavy (non-hydrogen) atoms. The normalized spacial score (nSPS) is 19.8. The lowest BCUT2D eigenvalue weighted by atomic mass is 9.99. The van der Waals surface area contributed by atoms with Gasteiger partial charge in [0.25, 0.3) is 0 Å². The first-order valence-corrected chi connectivity index (χ1v) is 15.1. The number of pyridine rings is 1. The molecule has 1 unspecified atom stereocenters. The zero-order chi connectivity index (χ0) is 29.9. The molecule has 2 saturated heterocycles. The molecule has 3 aliphatic rings. The summed E-state index contributed by atoms with van der Waals surface area (Å²) in [5, 5.41) is 3.11. The number of nitrogens with one attached hydrogen (secondary N) is 3. The number of likely N-dealkylation sites (tertiary alicyclic amines) is 1. The SMILES string of the molecule is O=C(Nc1ccc2c(c1)C(c1ccncc1)NN2)[C@@H]1CCN(CC(=O)N2CCN(c3ccc(-c4ncccn4)cc3)CC2)C1. The molecule has 7 rings (SSSR count). The average Bonchev–Trinajstić information content (AvgIpc) is 3.73. The first kappa shape index (κ1) is 27.9. The third-order valence-electron chi connectivity index (χ3n) is 8.71.